The van der Waals surface area contributed by atoms with Gasteiger partial charge in [-0.25, -0.2) is 9.97 Å². The van der Waals surface area contributed by atoms with Crippen molar-refractivity contribution >= 4 is 17.5 Å². The molecule has 4 rings (SSSR count). The number of likely N-dealkylation sites (tertiary alicyclic amines) is 2. The van der Waals surface area contributed by atoms with Crippen molar-refractivity contribution in [2.24, 2.45) is 5.92 Å². The van der Waals surface area contributed by atoms with Crippen LogP contribution in [0.4, 0.5) is 11.6 Å². The molecule has 7 heteroatoms. The molecule has 2 fully saturated rings. The molecule has 2 saturated heterocycles. The molecule has 0 spiro atoms. The lowest BCUT2D eigenvalue weighted by Crippen LogP contribution is -2.37. The zero-order valence-electron chi connectivity index (χ0n) is 19.9. The van der Waals surface area contributed by atoms with E-state index in [1.54, 1.807) is 0 Å². The summed E-state index contributed by atoms with van der Waals surface area (Å²) >= 11 is 0. The molecule has 4 heterocycles. The van der Waals surface area contributed by atoms with Crippen LogP contribution in [0.5, 0.6) is 0 Å². The molecule has 32 heavy (non-hydrogen) atoms. The molecule has 2 aromatic heterocycles. The van der Waals surface area contributed by atoms with Gasteiger partial charge in [0.05, 0.1) is 11.7 Å². The highest BCUT2D eigenvalue weighted by Crippen LogP contribution is 2.34. The molecule has 0 saturated carbocycles. The topological polar surface area (TPSA) is 74.2 Å². The van der Waals surface area contributed by atoms with E-state index in [1.807, 2.05) is 32.9 Å². The van der Waals surface area contributed by atoms with Crippen LogP contribution in [0.3, 0.4) is 0 Å². The van der Waals surface area contributed by atoms with Crippen molar-refractivity contribution in [2.45, 2.75) is 65.8 Å². The molecule has 172 valence electrons. The quantitative estimate of drug-likeness (QED) is 0.727. The van der Waals surface area contributed by atoms with E-state index in [2.05, 4.69) is 38.1 Å². The Kier molecular flexibility index (Phi) is 7.04. The number of hydrogen-bond donors (Lipinski definition) is 1. The van der Waals surface area contributed by atoms with E-state index in [0.717, 1.165) is 80.3 Å². The van der Waals surface area contributed by atoms with Gasteiger partial charge in [-0.15, -0.1) is 0 Å². The first kappa shape index (κ1) is 22.6. The lowest BCUT2D eigenvalue weighted by atomic mass is 9.93. The van der Waals surface area contributed by atoms with Gasteiger partial charge in [-0.05, 0) is 90.2 Å². The summed E-state index contributed by atoms with van der Waals surface area (Å²) in [6, 6.07) is 6.08. The second kappa shape index (κ2) is 9.94. The van der Waals surface area contributed by atoms with Crippen molar-refractivity contribution in [2.75, 3.05) is 31.5 Å². The Morgan fingerprint density at radius 2 is 1.66 bits per heavy atom. The standard InChI is InChI=1S/C25H36N6O/c1-5-30-11-8-20(9-12-30)15-24(32)31-10-6-7-23(31)22-16-21(14-19(4)26-22)29-25-27-17(2)13-18(3)28-25/h13-14,16,20,23H,5-12,15H2,1-4H3,(H,26,27,28,29)/t23-/m1/s1. The molecule has 0 unspecified atom stereocenters. The van der Waals surface area contributed by atoms with Crippen LogP contribution in [0.1, 0.15) is 67.8 Å². The highest BCUT2D eigenvalue weighted by molar-refractivity contribution is 5.77. The Morgan fingerprint density at radius 3 is 2.34 bits per heavy atom. The maximum Gasteiger partial charge on any atom is 0.227 e. The van der Waals surface area contributed by atoms with Crippen molar-refractivity contribution in [3.63, 3.8) is 0 Å². The molecule has 0 radical (unpaired) electrons. The summed E-state index contributed by atoms with van der Waals surface area (Å²) in [5.74, 6) is 1.39. The van der Waals surface area contributed by atoms with Crippen molar-refractivity contribution < 1.29 is 4.79 Å². The van der Waals surface area contributed by atoms with E-state index in [9.17, 15) is 4.79 Å². The van der Waals surface area contributed by atoms with E-state index in [4.69, 9.17) is 4.98 Å². The number of nitrogens with one attached hydrogen (secondary N) is 1. The van der Waals surface area contributed by atoms with Gasteiger partial charge in [-0.3, -0.25) is 9.78 Å². The molecule has 2 aliphatic heterocycles. The first-order chi connectivity index (χ1) is 15.4. The van der Waals surface area contributed by atoms with Crippen molar-refractivity contribution in [3.05, 3.63) is 41.0 Å². The number of amides is 1. The Balaban J connectivity index is 1.46. The fraction of sp³-hybridized carbons (Fsp3) is 0.600. The number of rotatable bonds is 6. The number of nitrogens with zero attached hydrogens (tertiary/aromatic N) is 5. The maximum atomic E-state index is 13.2. The second-order valence-electron chi connectivity index (χ2n) is 9.35. The van der Waals surface area contributed by atoms with E-state index in [-0.39, 0.29) is 11.9 Å². The van der Waals surface area contributed by atoms with Crippen molar-refractivity contribution in [1.82, 2.24) is 24.8 Å². The van der Waals surface area contributed by atoms with Gasteiger partial charge in [0.25, 0.3) is 0 Å². The van der Waals surface area contributed by atoms with Crippen LogP contribution in [0.2, 0.25) is 0 Å². The zero-order chi connectivity index (χ0) is 22.7. The fourth-order valence-electron chi connectivity index (χ4n) is 5.09. The third-order valence-electron chi connectivity index (χ3n) is 6.74. The minimum Gasteiger partial charge on any atom is -0.334 e. The van der Waals surface area contributed by atoms with E-state index in [1.165, 1.54) is 0 Å². The zero-order valence-corrected chi connectivity index (χ0v) is 19.9. The summed E-state index contributed by atoms with van der Waals surface area (Å²) in [7, 11) is 0. The summed E-state index contributed by atoms with van der Waals surface area (Å²) in [5.41, 5.74) is 4.68. The van der Waals surface area contributed by atoms with Crippen molar-refractivity contribution in [3.8, 4) is 0 Å². The molecule has 0 bridgehead atoms. The molecular formula is C25H36N6O. The van der Waals surface area contributed by atoms with E-state index >= 15 is 0 Å². The van der Waals surface area contributed by atoms with Crippen LogP contribution in [-0.4, -0.2) is 56.8 Å². The number of anilines is 2. The summed E-state index contributed by atoms with van der Waals surface area (Å²) in [5, 5.41) is 3.34. The number of carbonyl (C=O) groups is 1. The molecule has 1 atom stereocenters. The number of piperidine rings is 1. The van der Waals surface area contributed by atoms with Gasteiger partial charge in [-0.1, -0.05) is 6.92 Å². The number of aromatic nitrogens is 3. The summed E-state index contributed by atoms with van der Waals surface area (Å²) in [6.45, 7) is 12.3. The minimum atomic E-state index is 0.0545. The van der Waals surface area contributed by atoms with Crippen LogP contribution >= 0.6 is 0 Å². The van der Waals surface area contributed by atoms with Gasteiger partial charge < -0.3 is 15.1 Å². The minimum absolute atomic E-state index is 0.0545. The lowest BCUT2D eigenvalue weighted by Gasteiger charge is -2.32. The monoisotopic (exact) mass is 436 g/mol. The van der Waals surface area contributed by atoms with Gasteiger partial charge in [-0.2, -0.15) is 0 Å². The fourth-order valence-corrected chi connectivity index (χ4v) is 5.09. The van der Waals surface area contributed by atoms with Crippen LogP contribution in [-0.2, 0) is 4.79 Å². The molecular weight excluding hydrogens is 400 g/mol. The number of aryl methyl sites for hydroxylation is 3. The van der Waals surface area contributed by atoms with Crippen LogP contribution in [0, 0.1) is 26.7 Å². The predicted octanol–water partition coefficient (Wildman–Crippen LogP) is 4.33. The van der Waals surface area contributed by atoms with Gasteiger partial charge in [0.2, 0.25) is 11.9 Å². The van der Waals surface area contributed by atoms with Gasteiger partial charge in [0.15, 0.2) is 0 Å². The smallest absolute Gasteiger partial charge is 0.227 e. The normalized spacial score (nSPS) is 20.0. The number of hydrogen-bond acceptors (Lipinski definition) is 6. The second-order valence-corrected chi connectivity index (χ2v) is 9.35. The number of pyridine rings is 1. The predicted molar refractivity (Wildman–Crippen MR) is 127 cm³/mol. The third-order valence-corrected chi connectivity index (χ3v) is 6.74. The van der Waals surface area contributed by atoms with E-state index in [0.29, 0.717) is 18.3 Å². The van der Waals surface area contributed by atoms with Gasteiger partial charge in [0.1, 0.15) is 0 Å². The molecule has 2 aliphatic rings. The maximum absolute atomic E-state index is 13.2. The highest BCUT2D eigenvalue weighted by atomic mass is 16.2. The average Bonchev–Trinajstić information content (AvgIpc) is 3.23. The van der Waals surface area contributed by atoms with E-state index < -0.39 is 0 Å². The Hall–Kier alpha value is -2.54. The first-order valence-corrected chi connectivity index (χ1v) is 12.0. The van der Waals surface area contributed by atoms with Crippen molar-refractivity contribution in [1.29, 1.82) is 0 Å². The largest absolute Gasteiger partial charge is 0.334 e. The average molecular weight is 437 g/mol. The molecule has 1 amide bonds. The van der Waals surface area contributed by atoms with Crippen LogP contribution in [0.25, 0.3) is 0 Å². The Morgan fingerprint density at radius 1 is 0.969 bits per heavy atom. The lowest BCUT2D eigenvalue weighted by molar-refractivity contribution is -0.133. The summed E-state index contributed by atoms with van der Waals surface area (Å²) in [4.78, 5) is 31.6. The molecule has 2 aromatic rings. The summed E-state index contributed by atoms with van der Waals surface area (Å²) < 4.78 is 0. The van der Waals surface area contributed by atoms with Gasteiger partial charge >= 0.3 is 0 Å². The molecule has 1 N–H and O–H groups in total. The SMILES string of the molecule is CCN1CCC(CC(=O)N2CCC[C@@H]2c2cc(Nc3nc(C)cc(C)n3)cc(C)n2)CC1. The molecule has 0 aliphatic carbocycles. The molecule has 0 aromatic carbocycles. The number of carbonyl (C=O) groups excluding carboxylic acids is 1. The molecule has 7 nitrogen and oxygen atoms in total. The van der Waals surface area contributed by atoms with Crippen LogP contribution < -0.4 is 5.32 Å². The Bertz CT molecular complexity index is 933. The Labute approximate surface area is 191 Å². The van der Waals surface area contributed by atoms with Gasteiger partial charge in [0, 0.05) is 35.7 Å². The highest BCUT2D eigenvalue weighted by Gasteiger charge is 2.33. The first-order valence-electron chi connectivity index (χ1n) is 12.0. The summed E-state index contributed by atoms with van der Waals surface area (Å²) in [6.07, 6.45) is 4.93. The third kappa shape index (κ3) is 5.44. The van der Waals surface area contributed by atoms with Crippen LogP contribution in [0.15, 0.2) is 18.2 Å².